The molecule has 0 atom stereocenters. The molecule has 0 unspecified atom stereocenters. The lowest BCUT2D eigenvalue weighted by molar-refractivity contribution is -0.118. The average Bonchev–Trinajstić information content (AvgIpc) is 2.13. The summed E-state index contributed by atoms with van der Waals surface area (Å²) in [7, 11) is 0. The summed E-state index contributed by atoms with van der Waals surface area (Å²) in [5.74, 6) is 0.413. The molecule has 0 aromatic heterocycles. The Morgan fingerprint density at radius 2 is 2.00 bits per heavy atom. The fourth-order valence-electron chi connectivity index (χ4n) is 0.870. The van der Waals surface area contributed by atoms with E-state index in [4.69, 9.17) is 27.9 Å². The highest BCUT2D eigenvalue weighted by atomic mass is 35.5. The van der Waals surface area contributed by atoms with Gasteiger partial charge in [-0.1, -0.05) is 29.3 Å². The third-order valence-corrected chi connectivity index (χ3v) is 2.37. The van der Waals surface area contributed by atoms with Crippen LogP contribution in [-0.2, 0) is 4.79 Å². The summed E-state index contributed by atoms with van der Waals surface area (Å²) < 4.78 is 5.38. The number of benzene rings is 1. The summed E-state index contributed by atoms with van der Waals surface area (Å²) in [4.78, 5) is 10.6. The fraction of sp³-hybridized carbons (Fsp3) is 0.300. The molecule has 4 heteroatoms. The monoisotopic (exact) mass is 232 g/mol. The molecule has 0 aliphatic heterocycles. The van der Waals surface area contributed by atoms with Gasteiger partial charge in [0.2, 0.25) is 0 Å². The first kappa shape index (κ1) is 11.3. The maximum absolute atomic E-state index is 10.6. The third-order valence-electron chi connectivity index (χ3n) is 1.57. The molecule has 1 aromatic carbocycles. The van der Waals surface area contributed by atoms with E-state index in [-0.39, 0.29) is 0 Å². The number of rotatable bonds is 3. The van der Waals surface area contributed by atoms with Gasteiger partial charge < -0.3 is 4.74 Å². The number of hydrogen-bond acceptors (Lipinski definition) is 2. The van der Waals surface area contributed by atoms with Gasteiger partial charge >= 0.3 is 0 Å². The molecule has 1 rings (SSSR count). The molecule has 0 radical (unpaired) electrons. The lowest BCUT2D eigenvalue weighted by atomic mass is 10.2. The minimum Gasteiger partial charge on any atom is -0.479 e. The van der Waals surface area contributed by atoms with E-state index in [0.29, 0.717) is 22.1 Å². The Balaban J connectivity index is 2.98. The Kier molecular flexibility index (Phi) is 3.40. The predicted molar refractivity (Wildman–Crippen MR) is 57.2 cm³/mol. The molecule has 0 aliphatic rings. The molecule has 0 saturated heterocycles. The summed E-state index contributed by atoms with van der Waals surface area (Å²) in [6.07, 6.45) is 0.713. The van der Waals surface area contributed by atoms with Gasteiger partial charge in [-0.25, -0.2) is 0 Å². The van der Waals surface area contributed by atoms with Crippen LogP contribution in [0.15, 0.2) is 18.2 Å². The van der Waals surface area contributed by atoms with Crippen molar-refractivity contribution in [2.24, 2.45) is 0 Å². The molecular weight excluding hydrogens is 223 g/mol. The minimum absolute atomic E-state index is 0.323. The van der Waals surface area contributed by atoms with Gasteiger partial charge in [-0.15, -0.1) is 0 Å². The van der Waals surface area contributed by atoms with Crippen LogP contribution in [0.5, 0.6) is 5.75 Å². The zero-order valence-electron chi connectivity index (χ0n) is 7.88. The maximum Gasteiger partial charge on any atom is 0.162 e. The largest absolute Gasteiger partial charge is 0.479 e. The van der Waals surface area contributed by atoms with Gasteiger partial charge in [0.05, 0.1) is 5.02 Å². The van der Waals surface area contributed by atoms with Gasteiger partial charge in [0.25, 0.3) is 0 Å². The zero-order chi connectivity index (χ0) is 10.8. The predicted octanol–water partition coefficient (Wildman–Crippen LogP) is 3.35. The van der Waals surface area contributed by atoms with Crippen molar-refractivity contribution in [3.63, 3.8) is 0 Å². The summed E-state index contributed by atoms with van der Waals surface area (Å²) in [6.45, 7) is 3.30. The Morgan fingerprint density at radius 3 is 2.57 bits per heavy atom. The highest BCUT2D eigenvalue weighted by molar-refractivity contribution is 6.42. The van der Waals surface area contributed by atoms with E-state index in [1.165, 1.54) is 0 Å². The Hall–Kier alpha value is -0.730. The number of carbonyl (C=O) groups excluding carboxylic acids is 1. The molecule has 0 N–H and O–H groups in total. The van der Waals surface area contributed by atoms with Gasteiger partial charge in [0.15, 0.2) is 11.9 Å². The van der Waals surface area contributed by atoms with Crippen molar-refractivity contribution in [2.75, 3.05) is 0 Å². The number of halogens is 2. The summed E-state index contributed by atoms with van der Waals surface area (Å²) in [5, 5.41) is 0.731. The zero-order valence-corrected chi connectivity index (χ0v) is 9.39. The topological polar surface area (TPSA) is 26.3 Å². The van der Waals surface area contributed by atoms with Crippen LogP contribution in [0.1, 0.15) is 13.8 Å². The number of carbonyl (C=O) groups is 1. The molecule has 0 bridgehead atoms. The van der Waals surface area contributed by atoms with Crippen molar-refractivity contribution in [1.29, 1.82) is 0 Å². The minimum atomic E-state index is -0.895. The molecule has 2 nitrogen and oxygen atoms in total. The van der Waals surface area contributed by atoms with Crippen LogP contribution in [0.2, 0.25) is 10.0 Å². The standard InChI is InChI=1S/C10H10Cl2O2/c1-10(2,6-13)14-8-5-3-4-7(11)9(8)12/h3-6H,1-2H3. The molecule has 14 heavy (non-hydrogen) atoms. The summed E-state index contributed by atoms with van der Waals surface area (Å²) >= 11 is 11.7. The second-order valence-electron chi connectivity index (χ2n) is 3.38. The number of ether oxygens (including phenoxy) is 1. The maximum atomic E-state index is 10.6. The highest BCUT2D eigenvalue weighted by Gasteiger charge is 2.20. The van der Waals surface area contributed by atoms with E-state index in [1.807, 2.05) is 0 Å². The van der Waals surface area contributed by atoms with E-state index < -0.39 is 5.60 Å². The van der Waals surface area contributed by atoms with E-state index in [0.717, 1.165) is 0 Å². The molecule has 0 saturated carbocycles. The second kappa shape index (κ2) is 4.20. The Labute approximate surface area is 92.8 Å². The van der Waals surface area contributed by atoms with E-state index in [2.05, 4.69) is 0 Å². The van der Waals surface area contributed by atoms with Crippen LogP contribution in [0.25, 0.3) is 0 Å². The van der Waals surface area contributed by atoms with Crippen molar-refractivity contribution >= 4 is 29.5 Å². The fourth-order valence-corrected chi connectivity index (χ4v) is 1.20. The van der Waals surface area contributed by atoms with Crippen molar-refractivity contribution in [1.82, 2.24) is 0 Å². The molecule has 0 spiro atoms. The van der Waals surface area contributed by atoms with Crippen LogP contribution >= 0.6 is 23.2 Å². The number of hydrogen-bond donors (Lipinski definition) is 0. The van der Waals surface area contributed by atoms with Crippen LogP contribution < -0.4 is 4.74 Å². The van der Waals surface area contributed by atoms with Crippen molar-refractivity contribution in [3.8, 4) is 5.75 Å². The smallest absolute Gasteiger partial charge is 0.162 e. The normalized spacial score (nSPS) is 11.1. The van der Waals surface area contributed by atoms with Crippen LogP contribution in [0, 0.1) is 0 Å². The average molecular weight is 233 g/mol. The van der Waals surface area contributed by atoms with Gasteiger partial charge in [-0.2, -0.15) is 0 Å². The lowest BCUT2D eigenvalue weighted by Gasteiger charge is -2.20. The highest BCUT2D eigenvalue weighted by Crippen LogP contribution is 2.33. The first-order chi connectivity index (χ1) is 6.46. The van der Waals surface area contributed by atoms with Crippen LogP contribution in [-0.4, -0.2) is 11.9 Å². The molecular formula is C10H10Cl2O2. The Morgan fingerprint density at radius 1 is 1.36 bits per heavy atom. The van der Waals surface area contributed by atoms with E-state index >= 15 is 0 Å². The van der Waals surface area contributed by atoms with E-state index in [9.17, 15) is 4.79 Å². The third kappa shape index (κ3) is 2.63. The summed E-state index contributed by atoms with van der Waals surface area (Å²) in [5.41, 5.74) is -0.895. The molecule has 0 aliphatic carbocycles. The lowest BCUT2D eigenvalue weighted by Crippen LogP contribution is -2.29. The SMILES string of the molecule is CC(C)(C=O)Oc1cccc(Cl)c1Cl. The first-order valence-electron chi connectivity index (χ1n) is 4.05. The second-order valence-corrected chi connectivity index (χ2v) is 4.16. The Bertz CT molecular complexity index is 348. The molecule has 0 fully saturated rings. The van der Waals surface area contributed by atoms with Crippen molar-refractivity contribution < 1.29 is 9.53 Å². The molecule has 76 valence electrons. The van der Waals surface area contributed by atoms with Gasteiger partial charge in [-0.3, -0.25) is 4.79 Å². The van der Waals surface area contributed by atoms with Gasteiger partial charge in [0, 0.05) is 0 Å². The molecule has 0 heterocycles. The van der Waals surface area contributed by atoms with Gasteiger partial charge in [0.1, 0.15) is 10.8 Å². The molecule has 1 aromatic rings. The molecule has 0 amide bonds. The summed E-state index contributed by atoms with van der Waals surface area (Å²) in [6, 6.07) is 5.04. The van der Waals surface area contributed by atoms with Crippen LogP contribution in [0.4, 0.5) is 0 Å². The van der Waals surface area contributed by atoms with Gasteiger partial charge in [-0.05, 0) is 26.0 Å². The number of aldehydes is 1. The first-order valence-corrected chi connectivity index (χ1v) is 4.81. The van der Waals surface area contributed by atoms with Crippen LogP contribution in [0.3, 0.4) is 0 Å². The quantitative estimate of drug-likeness (QED) is 0.748. The van der Waals surface area contributed by atoms with E-state index in [1.54, 1.807) is 32.0 Å². The van der Waals surface area contributed by atoms with Crippen molar-refractivity contribution in [2.45, 2.75) is 19.4 Å². The van der Waals surface area contributed by atoms with Crippen molar-refractivity contribution in [3.05, 3.63) is 28.2 Å².